The number of imidazole rings is 1. The van der Waals surface area contributed by atoms with E-state index in [0.717, 1.165) is 29.4 Å². The van der Waals surface area contributed by atoms with Crippen molar-refractivity contribution >= 4 is 29.3 Å². The van der Waals surface area contributed by atoms with Crippen molar-refractivity contribution in [3.63, 3.8) is 0 Å². The van der Waals surface area contributed by atoms with Crippen LogP contribution >= 0.6 is 11.8 Å². The largest absolute Gasteiger partial charge is 0.383 e. The first-order chi connectivity index (χ1) is 13.5. The van der Waals surface area contributed by atoms with E-state index < -0.39 is 0 Å². The van der Waals surface area contributed by atoms with Crippen LogP contribution < -0.4 is 10.6 Å². The van der Waals surface area contributed by atoms with E-state index >= 15 is 0 Å². The molecule has 1 aliphatic rings. The second kappa shape index (κ2) is 9.25. The number of hydrogen-bond donors (Lipinski definition) is 2. The van der Waals surface area contributed by atoms with Crippen molar-refractivity contribution in [3.05, 3.63) is 41.2 Å². The summed E-state index contributed by atoms with van der Waals surface area (Å²) in [7, 11) is 1.67. The molecule has 0 unspecified atom stereocenters. The molecule has 1 aromatic carbocycles. The minimum Gasteiger partial charge on any atom is -0.383 e. The first kappa shape index (κ1) is 20.4. The number of thioether (sulfide) groups is 1. The van der Waals surface area contributed by atoms with Crippen LogP contribution in [0.15, 0.2) is 29.4 Å². The van der Waals surface area contributed by atoms with Crippen molar-refractivity contribution in [2.75, 3.05) is 24.8 Å². The maximum absolute atomic E-state index is 12.4. The number of rotatable bonds is 9. The number of benzene rings is 1. The number of nitrogens with one attached hydrogen (secondary N) is 2. The van der Waals surface area contributed by atoms with Gasteiger partial charge in [-0.25, -0.2) is 4.98 Å². The van der Waals surface area contributed by atoms with Gasteiger partial charge in [-0.2, -0.15) is 0 Å². The van der Waals surface area contributed by atoms with Crippen LogP contribution in [0.5, 0.6) is 0 Å². The fourth-order valence-electron chi connectivity index (χ4n) is 2.74. The number of carbonyl (C=O) groups is 2. The van der Waals surface area contributed by atoms with Crippen molar-refractivity contribution in [3.8, 4) is 0 Å². The van der Waals surface area contributed by atoms with E-state index in [9.17, 15) is 9.59 Å². The molecule has 0 saturated heterocycles. The zero-order valence-corrected chi connectivity index (χ0v) is 17.3. The highest BCUT2D eigenvalue weighted by molar-refractivity contribution is 7.99. The molecule has 8 heteroatoms. The molecule has 2 amide bonds. The molecule has 28 heavy (non-hydrogen) atoms. The molecule has 2 N–H and O–H groups in total. The zero-order chi connectivity index (χ0) is 20.1. The Morgan fingerprint density at radius 3 is 2.82 bits per heavy atom. The number of methoxy groups -OCH3 is 1. The zero-order valence-electron chi connectivity index (χ0n) is 16.4. The molecule has 1 fully saturated rings. The number of anilines is 1. The SMILES string of the molecule is COCCn1c(SCC(=O)Nc2cccc(C(=O)NC3CC3)c2)nc(C)c1C. The Hall–Kier alpha value is -2.32. The minimum atomic E-state index is -0.138. The lowest BCUT2D eigenvalue weighted by molar-refractivity contribution is -0.113. The van der Waals surface area contributed by atoms with Gasteiger partial charge in [-0.15, -0.1) is 0 Å². The molecule has 1 saturated carbocycles. The molecule has 1 aliphatic carbocycles. The van der Waals surface area contributed by atoms with Crippen LogP contribution in [-0.2, 0) is 16.1 Å². The van der Waals surface area contributed by atoms with E-state index in [4.69, 9.17) is 4.74 Å². The van der Waals surface area contributed by atoms with Gasteiger partial charge in [0.2, 0.25) is 5.91 Å². The molecule has 150 valence electrons. The van der Waals surface area contributed by atoms with Crippen LogP contribution in [0.4, 0.5) is 5.69 Å². The lowest BCUT2D eigenvalue weighted by Crippen LogP contribution is -2.25. The number of carbonyl (C=O) groups excluding carboxylic acids is 2. The van der Waals surface area contributed by atoms with Gasteiger partial charge >= 0.3 is 0 Å². The summed E-state index contributed by atoms with van der Waals surface area (Å²) in [5, 5.41) is 6.62. The quantitative estimate of drug-likeness (QED) is 0.630. The Kier molecular flexibility index (Phi) is 6.74. The van der Waals surface area contributed by atoms with Gasteiger partial charge in [-0.05, 0) is 44.9 Å². The monoisotopic (exact) mass is 402 g/mol. The van der Waals surface area contributed by atoms with Crippen molar-refractivity contribution in [1.82, 2.24) is 14.9 Å². The Morgan fingerprint density at radius 2 is 2.11 bits per heavy atom. The normalized spacial score (nSPS) is 13.4. The topological polar surface area (TPSA) is 85.2 Å². The third-order valence-electron chi connectivity index (χ3n) is 4.60. The molecular weight excluding hydrogens is 376 g/mol. The lowest BCUT2D eigenvalue weighted by atomic mass is 10.2. The number of hydrogen-bond acceptors (Lipinski definition) is 5. The summed E-state index contributed by atoms with van der Waals surface area (Å²) in [5.74, 6) is 0.00177. The Balaban J connectivity index is 1.57. The average Bonchev–Trinajstić information content (AvgIpc) is 3.45. The van der Waals surface area contributed by atoms with E-state index in [0.29, 0.717) is 30.4 Å². The van der Waals surface area contributed by atoms with Gasteiger partial charge in [0, 0.05) is 36.6 Å². The van der Waals surface area contributed by atoms with Crippen molar-refractivity contribution in [2.24, 2.45) is 0 Å². The lowest BCUT2D eigenvalue weighted by Gasteiger charge is -2.10. The van der Waals surface area contributed by atoms with Gasteiger partial charge in [-0.3, -0.25) is 9.59 Å². The number of amides is 2. The number of aryl methyl sites for hydroxylation is 1. The molecule has 0 atom stereocenters. The van der Waals surface area contributed by atoms with Crippen molar-refractivity contribution < 1.29 is 14.3 Å². The predicted molar refractivity (Wildman–Crippen MR) is 110 cm³/mol. The molecule has 0 bridgehead atoms. The fraction of sp³-hybridized carbons (Fsp3) is 0.450. The van der Waals surface area contributed by atoms with Crippen LogP contribution in [0.1, 0.15) is 34.6 Å². The Labute approximate surface area is 169 Å². The highest BCUT2D eigenvalue weighted by Gasteiger charge is 2.23. The van der Waals surface area contributed by atoms with Crippen LogP contribution in [0.25, 0.3) is 0 Å². The van der Waals surface area contributed by atoms with E-state index in [1.165, 1.54) is 11.8 Å². The van der Waals surface area contributed by atoms with E-state index in [2.05, 4.69) is 20.2 Å². The first-order valence-electron chi connectivity index (χ1n) is 9.34. The molecule has 0 radical (unpaired) electrons. The Morgan fingerprint density at radius 1 is 1.32 bits per heavy atom. The van der Waals surface area contributed by atoms with Crippen molar-refractivity contribution in [1.29, 1.82) is 0 Å². The van der Waals surface area contributed by atoms with Gasteiger partial charge < -0.3 is 19.9 Å². The maximum atomic E-state index is 12.4. The summed E-state index contributed by atoms with van der Waals surface area (Å²) in [6.45, 7) is 5.26. The highest BCUT2D eigenvalue weighted by atomic mass is 32.2. The minimum absolute atomic E-state index is 0.0981. The molecular formula is C20H26N4O3S. The second-order valence-electron chi connectivity index (χ2n) is 6.88. The van der Waals surface area contributed by atoms with E-state index in [1.807, 2.05) is 13.8 Å². The standard InChI is InChI=1S/C20H26N4O3S/c1-13-14(2)24(9-10-27-3)20(21-13)28-12-18(25)22-17-6-4-5-15(11-17)19(26)23-16-7-8-16/h4-6,11,16H,7-10,12H2,1-3H3,(H,22,25)(H,23,26). The molecule has 3 rings (SSSR count). The molecule has 2 aromatic rings. The van der Waals surface area contributed by atoms with E-state index in [1.54, 1.807) is 31.4 Å². The molecule has 7 nitrogen and oxygen atoms in total. The third kappa shape index (κ3) is 5.36. The number of ether oxygens (including phenoxy) is 1. The van der Waals surface area contributed by atoms with Crippen LogP contribution in [0.2, 0.25) is 0 Å². The maximum Gasteiger partial charge on any atom is 0.251 e. The van der Waals surface area contributed by atoms with Gasteiger partial charge in [0.25, 0.3) is 5.91 Å². The summed E-state index contributed by atoms with van der Waals surface area (Å²) in [6, 6.07) is 7.31. The van der Waals surface area contributed by atoms with Gasteiger partial charge in [0.05, 0.1) is 18.1 Å². The van der Waals surface area contributed by atoms with Crippen LogP contribution in [0.3, 0.4) is 0 Å². The van der Waals surface area contributed by atoms with E-state index in [-0.39, 0.29) is 17.6 Å². The van der Waals surface area contributed by atoms with Gasteiger partial charge in [0.15, 0.2) is 5.16 Å². The van der Waals surface area contributed by atoms with Crippen molar-refractivity contribution in [2.45, 2.75) is 44.4 Å². The number of aromatic nitrogens is 2. The fourth-order valence-corrected chi connectivity index (χ4v) is 3.66. The summed E-state index contributed by atoms with van der Waals surface area (Å²) >= 11 is 1.39. The van der Waals surface area contributed by atoms with Gasteiger partial charge in [-0.1, -0.05) is 17.8 Å². The first-order valence-corrected chi connectivity index (χ1v) is 10.3. The average molecular weight is 403 g/mol. The molecule has 1 aromatic heterocycles. The summed E-state index contributed by atoms with van der Waals surface area (Å²) in [4.78, 5) is 29.1. The Bertz CT molecular complexity index is 861. The van der Waals surface area contributed by atoms with Crippen LogP contribution in [-0.4, -0.2) is 46.9 Å². The molecule has 0 aliphatic heterocycles. The smallest absolute Gasteiger partial charge is 0.251 e. The van der Waals surface area contributed by atoms with Gasteiger partial charge in [0.1, 0.15) is 0 Å². The predicted octanol–water partition coefficient (Wildman–Crippen LogP) is 2.77. The summed E-state index contributed by atoms with van der Waals surface area (Å²) in [5.41, 5.74) is 3.20. The summed E-state index contributed by atoms with van der Waals surface area (Å²) < 4.78 is 7.23. The third-order valence-corrected chi connectivity index (χ3v) is 5.57. The van der Waals surface area contributed by atoms with Crippen LogP contribution in [0, 0.1) is 13.8 Å². The summed E-state index contributed by atoms with van der Waals surface area (Å²) in [6.07, 6.45) is 2.08. The second-order valence-corrected chi connectivity index (χ2v) is 7.82. The number of nitrogens with zero attached hydrogens (tertiary/aromatic N) is 2. The highest BCUT2D eigenvalue weighted by Crippen LogP contribution is 2.22. The molecule has 1 heterocycles. The molecule has 0 spiro atoms.